The van der Waals surface area contributed by atoms with Gasteiger partial charge in [0.15, 0.2) is 0 Å². The number of hydrogen-bond donors (Lipinski definition) is 0. The first-order valence-electron chi connectivity index (χ1n) is 9.94. The van der Waals surface area contributed by atoms with Crippen LogP contribution in [-0.4, -0.2) is 32.6 Å². The molecule has 30 heavy (non-hydrogen) atoms. The molecule has 0 saturated carbocycles. The molecule has 0 fully saturated rings. The lowest BCUT2D eigenvalue weighted by Gasteiger charge is -2.24. The summed E-state index contributed by atoms with van der Waals surface area (Å²) in [5.41, 5.74) is 1.19. The molecular formula is C23H27Cl2NO4. The smallest absolute Gasteiger partial charge is 0.305 e. The minimum atomic E-state index is -0.175. The maximum Gasteiger partial charge on any atom is 0.305 e. The van der Waals surface area contributed by atoms with Crippen LogP contribution in [0.2, 0.25) is 10.0 Å². The maximum atomic E-state index is 13.2. The Labute approximate surface area is 187 Å². The Balaban J connectivity index is 2.02. The third-order valence-corrected chi connectivity index (χ3v) is 5.33. The van der Waals surface area contributed by atoms with E-state index in [1.54, 1.807) is 30.2 Å². The van der Waals surface area contributed by atoms with Gasteiger partial charge in [0.05, 0.1) is 24.8 Å². The molecule has 7 heteroatoms. The van der Waals surface area contributed by atoms with Gasteiger partial charge in [0.1, 0.15) is 5.75 Å². The first-order chi connectivity index (χ1) is 14.5. The molecule has 0 atom stereocenters. The lowest BCUT2D eigenvalue weighted by Crippen LogP contribution is -2.32. The molecule has 2 aromatic carbocycles. The third-order valence-electron chi connectivity index (χ3n) is 4.78. The number of hydrogen-bond acceptors (Lipinski definition) is 4. The van der Waals surface area contributed by atoms with Crippen LogP contribution in [0.3, 0.4) is 0 Å². The predicted octanol–water partition coefficient (Wildman–Crippen LogP) is 6.16. The molecule has 0 saturated heterocycles. The molecule has 2 rings (SSSR count). The van der Waals surface area contributed by atoms with Crippen molar-refractivity contribution >= 4 is 40.8 Å². The van der Waals surface area contributed by atoms with Gasteiger partial charge < -0.3 is 14.4 Å². The molecule has 0 N–H and O–H groups in total. The summed E-state index contributed by atoms with van der Waals surface area (Å²) in [5, 5.41) is 0.813. The summed E-state index contributed by atoms with van der Waals surface area (Å²) >= 11 is 12.2. The Kier molecular flexibility index (Phi) is 9.98. The zero-order valence-corrected chi connectivity index (χ0v) is 18.8. The number of esters is 1. The number of carbonyl (C=O) groups excluding carboxylic acids is 2. The van der Waals surface area contributed by atoms with E-state index >= 15 is 0 Å². The van der Waals surface area contributed by atoms with E-state index in [-0.39, 0.29) is 11.9 Å². The van der Waals surface area contributed by atoms with Crippen LogP contribution < -0.4 is 9.64 Å². The monoisotopic (exact) mass is 451 g/mol. The quantitative estimate of drug-likeness (QED) is 0.303. The molecule has 0 unspecified atom stereocenters. The van der Waals surface area contributed by atoms with E-state index in [1.165, 1.54) is 7.11 Å². The molecule has 5 nitrogen and oxygen atoms in total. The number of anilines is 1. The van der Waals surface area contributed by atoms with Crippen LogP contribution >= 0.6 is 23.2 Å². The van der Waals surface area contributed by atoms with Gasteiger partial charge >= 0.3 is 5.97 Å². The molecule has 0 aliphatic rings. The summed E-state index contributed by atoms with van der Waals surface area (Å²) in [6.07, 6.45) is 4.99. The number of methoxy groups -OCH3 is 2. The van der Waals surface area contributed by atoms with Gasteiger partial charge in [0.2, 0.25) is 0 Å². The van der Waals surface area contributed by atoms with Crippen molar-refractivity contribution in [3.05, 3.63) is 58.1 Å². The lowest BCUT2D eigenvalue weighted by atomic mass is 10.1. The normalized spacial score (nSPS) is 10.5. The molecule has 0 radical (unpaired) electrons. The summed E-state index contributed by atoms with van der Waals surface area (Å²) in [6.45, 7) is 0.557. The molecular weight excluding hydrogens is 425 g/mol. The fourth-order valence-corrected chi connectivity index (χ4v) is 3.58. The minimum Gasteiger partial charge on any atom is -0.497 e. The second kappa shape index (κ2) is 12.5. The average molecular weight is 452 g/mol. The summed E-state index contributed by atoms with van der Waals surface area (Å²) in [6, 6.07) is 12.2. The number of rotatable bonds is 11. The molecule has 0 aromatic heterocycles. The van der Waals surface area contributed by atoms with E-state index in [4.69, 9.17) is 27.9 Å². The number of nitrogens with zero attached hydrogens (tertiary/aromatic N) is 1. The molecule has 0 bridgehead atoms. The average Bonchev–Trinajstić information content (AvgIpc) is 2.75. The highest BCUT2D eigenvalue weighted by Crippen LogP contribution is 2.26. The molecule has 1 amide bonds. The van der Waals surface area contributed by atoms with Crippen molar-refractivity contribution in [2.45, 2.75) is 38.5 Å². The first kappa shape index (κ1) is 24.0. The van der Waals surface area contributed by atoms with Crippen LogP contribution in [0.4, 0.5) is 5.69 Å². The number of unbranched alkanes of at least 4 members (excludes halogenated alkanes) is 4. The van der Waals surface area contributed by atoms with Crippen LogP contribution in [0.15, 0.2) is 42.5 Å². The molecule has 0 aliphatic heterocycles. The van der Waals surface area contributed by atoms with Crippen LogP contribution in [0.5, 0.6) is 5.75 Å². The Morgan fingerprint density at radius 3 is 2.20 bits per heavy atom. The third kappa shape index (κ3) is 7.22. The highest BCUT2D eigenvalue weighted by molar-refractivity contribution is 6.37. The Morgan fingerprint density at radius 2 is 1.57 bits per heavy atom. The fourth-order valence-electron chi connectivity index (χ4n) is 3.09. The Hall–Kier alpha value is -2.24. The van der Waals surface area contributed by atoms with Gasteiger partial charge in [-0.05, 0) is 55.3 Å². The highest BCUT2D eigenvalue weighted by Gasteiger charge is 2.20. The summed E-state index contributed by atoms with van der Waals surface area (Å²) in [5.74, 6) is 0.375. The number of halogens is 2. The number of ether oxygens (including phenoxy) is 2. The van der Waals surface area contributed by atoms with E-state index in [0.29, 0.717) is 28.6 Å². The SMILES string of the molecule is COC(=O)CCCCCCCN(C(=O)c1ccc(Cl)cc1Cl)c1ccc(OC)cc1. The molecule has 0 spiro atoms. The largest absolute Gasteiger partial charge is 0.497 e. The first-order valence-corrected chi connectivity index (χ1v) is 10.7. The summed E-state index contributed by atoms with van der Waals surface area (Å²) in [7, 11) is 3.01. The van der Waals surface area contributed by atoms with E-state index in [1.807, 2.05) is 24.3 Å². The fraction of sp³-hybridized carbons (Fsp3) is 0.391. The van der Waals surface area contributed by atoms with E-state index < -0.39 is 0 Å². The lowest BCUT2D eigenvalue weighted by molar-refractivity contribution is -0.140. The van der Waals surface area contributed by atoms with Crippen LogP contribution in [-0.2, 0) is 9.53 Å². The van der Waals surface area contributed by atoms with Crippen molar-refractivity contribution in [3.8, 4) is 5.75 Å². The minimum absolute atomic E-state index is 0.174. The van der Waals surface area contributed by atoms with E-state index in [9.17, 15) is 9.59 Å². The van der Waals surface area contributed by atoms with Crippen LogP contribution in [0.1, 0.15) is 48.9 Å². The van der Waals surface area contributed by atoms with Gasteiger partial charge in [0.25, 0.3) is 5.91 Å². The maximum absolute atomic E-state index is 13.2. The van der Waals surface area contributed by atoms with Gasteiger partial charge in [-0.2, -0.15) is 0 Å². The standard InChI is InChI=1S/C23H27Cl2NO4/c1-29-19-12-10-18(11-13-19)26(15-7-5-3-4-6-8-22(27)30-2)23(28)20-14-9-17(24)16-21(20)25/h9-14,16H,3-8,15H2,1-2H3. The van der Waals surface area contributed by atoms with Crippen molar-refractivity contribution in [2.24, 2.45) is 0 Å². The predicted molar refractivity (Wildman–Crippen MR) is 121 cm³/mol. The molecule has 0 heterocycles. The van der Waals surface area contributed by atoms with Gasteiger partial charge in [-0.1, -0.05) is 42.5 Å². The second-order valence-electron chi connectivity index (χ2n) is 6.87. The summed E-state index contributed by atoms with van der Waals surface area (Å²) in [4.78, 5) is 26.1. The van der Waals surface area contributed by atoms with Crippen molar-refractivity contribution in [3.63, 3.8) is 0 Å². The van der Waals surface area contributed by atoms with E-state index in [2.05, 4.69) is 4.74 Å². The molecule has 162 valence electrons. The number of carbonyl (C=O) groups is 2. The Bertz CT molecular complexity index is 840. The van der Waals surface area contributed by atoms with Gasteiger partial charge in [-0.3, -0.25) is 9.59 Å². The molecule has 2 aromatic rings. The zero-order valence-electron chi connectivity index (χ0n) is 17.3. The van der Waals surface area contributed by atoms with Crippen molar-refractivity contribution in [1.29, 1.82) is 0 Å². The van der Waals surface area contributed by atoms with Crippen molar-refractivity contribution < 1.29 is 19.1 Å². The zero-order chi connectivity index (χ0) is 21.9. The van der Waals surface area contributed by atoms with Crippen molar-refractivity contribution in [2.75, 3.05) is 25.7 Å². The number of amides is 1. The van der Waals surface area contributed by atoms with Gasteiger partial charge in [-0.15, -0.1) is 0 Å². The second-order valence-corrected chi connectivity index (χ2v) is 7.72. The Morgan fingerprint density at radius 1 is 0.900 bits per heavy atom. The highest BCUT2D eigenvalue weighted by atomic mass is 35.5. The van der Waals surface area contributed by atoms with Crippen molar-refractivity contribution in [1.82, 2.24) is 0 Å². The number of benzene rings is 2. The van der Waals surface area contributed by atoms with Crippen LogP contribution in [0.25, 0.3) is 0 Å². The topological polar surface area (TPSA) is 55.8 Å². The van der Waals surface area contributed by atoms with Gasteiger partial charge in [0, 0.05) is 23.7 Å². The molecule has 0 aliphatic carbocycles. The van der Waals surface area contributed by atoms with E-state index in [0.717, 1.165) is 43.5 Å². The van der Waals surface area contributed by atoms with Crippen LogP contribution in [0, 0.1) is 0 Å². The van der Waals surface area contributed by atoms with Gasteiger partial charge in [-0.25, -0.2) is 0 Å². The summed E-state index contributed by atoms with van der Waals surface area (Å²) < 4.78 is 9.86.